The summed E-state index contributed by atoms with van der Waals surface area (Å²) in [5, 5.41) is 7.35. The summed E-state index contributed by atoms with van der Waals surface area (Å²) in [4.78, 5) is 8.27. The first-order valence-corrected chi connectivity index (χ1v) is 6.51. The van der Waals surface area contributed by atoms with Crippen molar-refractivity contribution in [3.8, 4) is 5.75 Å². The van der Waals surface area contributed by atoms with Crippen molar-refractivity contribution in [1.82, 2.24) is 15.1 Å². The smallest absolute Gasteiger partial charge is 0.174 e. The zero-order chi connectivity index (χ0) is 15.4. The lowest BCUT2D eigenvalue weighted by molar-refractivity contribution is 0.134. The van der Waals surface area contributed by atoms with E-state index in [0.717, 1.165) is 0 Å². The third-order valence-electron chi connectivity index (χ3n) is 2.94. The van der Waals surface area contributed by atoms with E-state index in [1.165, 1.54) is 12.6 Å². The largest absolute Gasteiger partial charge is 0.485 e. The standard InChI is InChI=1S/C14H12F2N4O2/c15-6-10(7-16)22-9-1-2-12-11(5-9)14(18-8-17-12)19-13-3-4-21-20-13/h1-5,8,10H,6-7H2,(H,17,18,19,20). The minimum absolute atomic E-state index is 0.339. The van der Waals surface area contributed by atoms with Crippen LogP contribution in [0.2, 0.25) is 0 Å². The Hall–Kier alpha value is -2.77. The van der Waals surface area contributed by atoms with E-state index in [9.17, 15) is 8.78 Å². The predicted molar refractivity (Wildman–Crippen MR) is 75.7 cm³/mol. The predicted octanol–water partition coefficient (Wildman–Crippen LogP) is 3.05. The van der Waals surface area contributed by atoms with Crippen molar-refractivity contribution in [2.24, 2.45) is 0 Å². The molecule has 0 saturated carbocycles. The highest BCUT2D eigenvalue weighted by molar-refractivity contribution is 5.91. The molecule has 0 radical (unpaired) electrons. The monoisotopic (exact) mass is 306 g/mol. The van der Waals surface area contributed by atoms with Gasteiger partial charge in [-0.25, -0.2) is 18.7 Å². The van der Waals surface area contributed by atoms with Gasteiger partial charge in [0.15, 0.2) is 11.9 Å². The number of rotatable bonds is 6. The van der Waals surface area contributed by atoms with Crippen LogP contribution in [0.5, 0.6) is 5.75 Å². The maximum absolute atomic E-state index is 12.6. The second-order valence-corrected chi connectivity index (χ2v) is 4.46. The fraction of sp³-hybridized carbons (Fsp3) is 0.214. The van der Waals surface area contributed by atoms with Gasteiger partial charge in [0.25, 0.3) is 0 Å². The Bertz CT molecular complexity index is 748. The lowest BCUT2D eigenvalue weighted by Gasteiger charge is -2.13. The Kier molecular flexibility index (Phi) is 4.08. The number of fused-ring (bicyclic) bond motifs is 1. The lowest BCUT2D eigenvalue weighted by Crippen LogP contribution is -2.21. The Labute approximate surface area is 124 Å². The molecule has 22 heavy (non-hydrogen) atoms. The van der Waals surface area contributed by atoms with Crippen molar-refractivity contribution in [3.63, 3.8) is 0 Å². The van der Waals surface area contributed by atoms with Crippen LogP contribution in [0.15, 0.2) is 41.4 Å². The molecule has 2 aromatic heterocycles. The van der Waals surface area contributed by atoms with E-state index in [1.54, 1.807) is 24.3 Å². The summed E-state index contributed by atoms with van der Waals surface area (Å²) < 4.78 is 35.1. The van der Waals surface area contributed by atoms with Gasteiger partial charge < -0.3 is 14.6 Å². The number of ether oxygens (including phenoxy) is 1. The topological polar surface area (TPSA) is 73.1 Å². The molecule has 0 aliphatic rings. The third-order valence-corrected chi connectivity index (χ3v) is 2.94. The van der Waals surface area contributed by atoms with Gasteiger partial charge in [0.2, 0.25) is 0 Å². The molecule has 0 aliphatic carbocycles. The molecule has 0 aliphatic heterocycles. The fourth-order valence-electron chi connectivity index (χ4n) is 1.90. The number of anilines is 2. The molecule has 1 N–H and O–H groups in total. The highest BCUT2D eigenvalue weighted by Gasteiger charge is 2.12. The van der Waals surface area contributed by atoms with Crippen LogP contribution >= 0.6 is 0 Å². The Morgan fingerprint density at radius 1 is 1.18 bits per heavy atom. The zero-order valence-corrected chi connectivity index (χ0v) is 11.4. The van der Waals surface area contributed by atoms with Crippen LogP contribution in [0.4, 0.5) is 20.4 Å². The zero-order valence-electron chi connectivity index (χ0n) is 11.4. The Balaban J connectivity index is 1.94. The molecule has 3 aromatic rings. The van der Waals surface area contributed by atoms with Crippen molar-refractivity contribution >= 4 is 22.5 Å². The normalized spacial score (nSPS) is 11.0. The van der Waals surface area contributed by atoms with Gasteiger partial charge in [0, 0.05) is 11.5 Å². The number of alkyl halides is 2. The number of nitrogens with zero attached hydrogens (tertiary/aromatic N) is 3. The van der Waals surface area contributed by atoms with Crippen molar-refractivity contribution in [1.29, 1.82) is 0 Å². The minimum Gasteiger partial charge on any atom is -0.485 e. The summed E-state index contributed by atoms with van der Waals surface area (Å²) in [7, 11) is 0. The van der Waals surface area contributed by atoms with Crippen LogP contribution < -0.4 is 10.1 Å². The Morgan fingerprint density at radius 3 is 2.77 bits per heavy atom. The van der Waals surface area contributed by atoms with Crippen LogP contribution in [0.3, 0.4) is 0 Å². The first kappa shape index (κ1) is 14.2. The SMILES string of the molecule is FCC(CF)Oc1ccc2ncnc(Nc3ccon3)c2c1. The molecule has 1 aromatic carbocycles. The van der Waals surface area contributed by atoms with Crippen molar-refractivity contribution < 1.29 is 18.0 Å². The molecule has 0 saturated heterocycles. The number of hydrogen-bond donors (Lipinski definition) is 1. The van der Waals surface area contributed by atoms with Crippen molar-refractivity contribution in [2.45, 2.75) is 6.10 Å². The molecule has 0 fully saturated rings. The highest BCUT2D eigenvalue weighted by atomic mass is 19.1. The van der Waals surface area contributed by atoms with E-state index in [4.69, 9.17) is 9.26 Å². The third kappa shape index (κ3) is 2.95. The van der Waals surface area contributed by atoms with Gasteiger partial charge in [-0.2, -0.15) is 0 Å². The summed E-state index contributed by atoms with van der Waals surface area (Å²) in [6.45, 7) is -1.80. The molecule has 8 heteroatoms. The van der Waals surface area contributed by atoms with Crippen LogP contribution in [-0.4, -0.2) is 34.6 Å². The minimum atomic E-state index is -1.12. The maximum atomic E-state index is 12.6. The van der Waals surface area contributed by atoms with Crippen LogP contribution in [-0.2, 0) is 0 Å². The first-order valence-electron chi connectivity index (χ1n) is 6.51. The Morgan fingerprint density at radius 2 is 2.05 bits per heavy atom. The molecule has 0 unspecified atom stereocenters. The second kappa shape index (κ2) is 6.33. The van der Waals surface area contributed by atoms with Crippen molar-refractivity contribution in [2.75, 3.05) is 18.7 Å². The number of hydrogen-bond acceptors (Lipinski definition) is 6. The molecule has 0 spiro atoms. The molecular formula is C14H12F2N4O2. The van der Waals surface area contributed by atoms with Gasteiger partial charge >= 0.3 is 0 Å². The molecule has 3 rings (SSSR count). The van der Waals surface area contributed by atoms with E-state index in [2.05, 4.69) is 20.4 Å². The van der Waals surface area contributed by atoms with Gasteiger partial charge in [0.05, 0.1) is 5.52 Å². The number of nitrogens with one attached hydrogen (secondary N) is 1. The molecule has 6 nitrogen and oxygen atoms in total. The van der Waals surface area contributed by atoms with E-state index in [-0.39, 0.29) is 0 Å². The summed E-state index contributed by atoms with van der Waals surface area (Å²) in [5.41, 5.74) is 0.658. The van der Waals surface area contributed by atoms with Gasteiger partial charge in [-0.15, -0.1) is 0 Å². The van der Waals surface area contributed by atoms with Gasteiger partial charge in [-0.3, -0.25) is 0 Å². The van der Waals surface area contributed by atoms with Crippen molar-refractivity contribution in [3.05, 3.63) is 36.9 Å². The molecule has 114 valence electrons. The average molecular weight is 306 g/mol. The quantitative estimate of drug-likeness (QED) is 0.754. The lowest BCUT2D eigenvalue weighted by atomic mass is 10.2. The van der Waals surface area contributed by atoms with Gasteiger partial charge in [0.1, 0.15) is 37.5 Å². The van der Waals surface area contributed by atoms with Crippen LogP contribution in [0, 0.1) is 0 Å². The maximum Gasteiger partial charge on any atom is 0.174 e. The summed E-state index contributed by atoms with van der Waals surface area (Å²) in [5.74, 6) is 1.31. The average Bonchev–Trinajstić information content (AvgIpc) is 3.06. The van der Waals surface area contributed by atoms with E-state index in [1.807, 2.05) is 0 Å². The van der Waals surface area contributed by atoms with Gasteiger partial charge in [-0.05, 0) is 18.2 Å². The van der Waals surface area contributed by atoms with Gasteiger partial charge in [-0.1, -0.05) is 5.16 Å². The summed E-state index contributed by atoms with van der Waals surface area (Å²) in [6, 6.07) is 6.55. The number of benzene rings is 1. The van der Waals surface area contributed by atoms with E-state index >= 15 is 0 Å². The molecule has 0 atom stereocenters. The number of aromatic nitrogens is 3. The summed E-state index contributed by atoms with van der Waals surface area (Å²) in [6.07, 6.45) is 1.71. The fourth-order valence-corrected chi connectivity index (χ4v) is 1.90. The number of halogens is 2. The molecule has 0 bridgehead atoms. The van der Waals surface area contributed by atoms with Crippen LogP contribution in [0.25, 0.3) is 10.9 Å². The van der Waals surface area contributed by atoms with Crippen LogP contribution in [0.1, 0.15) is 0 Å². The highest BCUT2D eigenvalue weighted by Crippen LogP contribution is 2.26. The summed E-state index contributed by atoms with van der Waals surface area (Å²) >= 11 is 0. The molecule has 2 heterocycles. The molecule has 0 amide bonds. The second-order valence-electron chi connectivity index (χ2n) is 4.46. The van der Waals surface area contributed by atoms with E-state index in [0.29, 0.717) is 28.3 Å². The molecular weight excluding hydrogens is 294 g/mol. The first-order chi connectivity index (χ1) is 10.8. The van der Waals surface area contributed by atoms with E-state index < -0.39 is 19.5 Å².